The lowest BCUT2D eigenvalue weighted by Gasteiger charge is -2.08. The first-order valence-corrected chi connectivity index (χ1v) is 6.22. The lowest BCUT2D eigenvalue weighted by atomic mass is 10.1. The minimum absolute atomic E-state index is 0.307. The van der Waals surface area contributed by atoms with Gasteiger partial charge >= 0.3 is 0 Å². The van der Waals surface area contributed by atoms with Gasteiger partial charge in [0.25, 0.3) is 0 Å². The lowest BCUT2D eigenvalue weighted by molar-refractivity contribution is 0.203. The molecule has 1 N–H and O–H groups in total. The second-order valence-electron chi connectivity index (χ2n) is 4.25. The molecule has 0 amide bonds. The Kier molecular flexibility index (Phi) is 6.41. The molecule has 0 saturated carbocycles. The Bertz CT molecular complexity index is 345. The second kappa shape index (κ2) is 7.91. The fourth-order valence-electron chi connectivity index (χ4n) is 1.67. The topological polar surface area (TPSA) is 29.5 Å². The highest BCUT2D eigenvalue weighted by Gasteiger charge is 1.99. The molecule has 0 aliphatic heterocycles. The first kappa shape index (κ1) is 13.8. The van der Waals surface area contributed by atoms with Gasteiger partial charge in [0, 0.05) is 0 Å². The summed E-state index contributed by atoms with van der Waals surface area (Å²) in [6, 6.07) is 8.07. The van der Waals surface area contributed by atoms with Crippen molar-refractivity contribution >= 4 is 0 Å². The summed E-state index contributed by atoms with van der Waals surface area (Å²) < 4.78 is 5.63. The standard InChI is InChI=1S/C15H22O2/c1-3-7-14(16)9-4-5-11-17-15-10-6-8-13(2)12-15/h3,6-8,10,12,14,16H,4-5,9,11H2,1-2H3/b7-3+/t14-/m1/s1. The van der Waals surface area contributed by atoms with Crippen LogP contribution in [0.4, 0.5) is 0 Å². The van der Waals surface area contributed by atoms with E-state index in [0.29, 0.717) is 6.61 Å². The molecule has 0 heterocycles. The van der Waals surface area contributed by atoms with E-state index < -0.39 is 0 Å². The van der Waals surface area contributed by atoms with Crippen LogP contribution >= 0.6 is 0 Å². The van der Waals surface area contributed by atoms with Crippen molar-refractivity contribution in [3.63, 3.8) is 0 Å². The van der Waals surface area contributed by atoms with Gasteiger partial charge in [-0.15, -0.1) is 0 Å². The van der Waals surface area contributed by atoms with Crippen LogP contribution in [0.1, 0.15) is 31.7 Å². The Morgan fingerprint density at radius 1 is 1.35 bits per heavy atom. The van der Waals surface area contributed by atoms with Gasteiger partial charge in [0.1, 0.15) is 5.75 Å². The van der Waals surface area contributed by atoms with E-state index in [0.717, 1.165) is 25.0 Å². The predicted molar refractivity (Wildman–Crippen MR) is 71.3 cm³/mol. The summed E-state index contributed by atoms with van der Waals surface area (Å²) in [7, 11) is 0. The molecule has 0 aliphatic rings. The van der Waals surface area contributed by atoms with Gasteiger partial charge < -0.3 is 9.84 Å². The number of hydrogen-bond acceptors (Lipinski definition) is 2. The fraction of sp³-hybridized carbons (Fsp3) is 0.467. The van der Waals surface area contributed by atoms with Crippen molar-refractivity contribution in [3.05, 3.63) is 42.0 Å². The van der Waals surface area contributed by atoms with E-state index in [1.807, 2.05) is 37.3 Å². The molecule has 0 saturated heterocycles. The quantitative estimate of drug-likeness (QED) is 0.578. The number of benzene rings is 1. The van der Waals surface area contributed by atoms with E-state index in [1.54, 1.807) is 0 Å². The number of aliphatic hydroxyl groups is 1. The fourth-order valence-corrected chi connectivity index (χ4v) is 1.67. The van der Waals surface area contributed by atoms with Gasteiger partial charge in [-0.25, -0.2) is 0 Å². The molecule has 94 valence electrons. The monoisotopic (exact) mass is 234 g/mol. The minimum Gasteiger partial charge on any atom is -0.494 e. The van der Waals surface area contributed by atoms with Crippen LogP contribution in [0.2, 0.25) is 0 Å². The summed E-state index contributed by atoms with van der Waals surface area (Å²) in [5.74, 6) is 0.930. The van der Waals surface area contributed by atoms with E-state index in [1.165, 1.54) is 5.56 Å². The molecule has 1 atom stereocenters. The summed E-state index contributed by atoms with van der Waals surface area (Å²) >= 11 is 0. The summed E-state index contributed by atoms with van der Waals surface area (Å²) in [5, 5.41) is 9.47. The summed E-state index contributed by atoms with van der Waals surface area (Å²) in [5.41, 5.74) is 1.21. The van der Waals surface area contributed by atoms with E-state index in [9.17, 15) is 5.11 Å². The minimum atomic E-state index is -0.307. The maximum atomic E-state index is 9.47. The van der Waals surface area contributed by atoms with Gasteiger partial charge in [0.2, 0.25) is 0 Å². The molecule has 0 radical (unpaired) electrons. The van der Waals surface area contributed by atoms with E-state index in [-0.39, 0.29) is 6.10 Å². The van der Waals surface area contributed by atoms with Gasteiger partial charge in [-0.2, -0.15) is 0 Å². The zero-order valence-corrected chi connectivity index (χ0v) is 10.7. The number of aryl methyl sites for hydroxylation is 1. The molecule has 0 fully saturated rings. The third-order valence-electron chi connectivity index (χ3n) is 2.57. The lowest BCUT2D eigenvalue weighted by Crippen LogP contribution is -2.03. The van der Waals surface area contributed by atoms with E-state index >= 15 is 0 Å². The van der Waals surface area contributed by atoms with Crippen LogP contribution in [-0.2, 0) is 0 Å². The average Bonchev–Trinajstić information content (AvgIpc) is 2.29. The van der Waals surface area contributed by atoms with Crippen molar-refractivity contribution in [2.75, 3.05) is 6.61 Å². The molecular formula is C15H22O2. The van der Waals surface area contributed by atoms with Crippen LogP contribution in [-0.4, -0.2) is 17.8 Å². The molecule has 0 unspecified atom stereocenters. The van der Waals surface area contributed by atoms with Crippen LogP contribution in [0, 0.1) is 6.92 Å². The van der Waals surface area contributed by atoms with Crippen LogP contribution in [0.25, 0.3) is 0 Å². The number of unbranched alkanes of at least 4 members (excludes halogenated alkanes) is 1. The van der Waals surface area contributed by atoms with Crippen LogP contribution < -0.4 is 4.74 Å². The maximum absolute atomic E-state index is 9.47. The SMILES string of the molecule is C/C=C/[C@@H](O)CCCCOc1cccc(C)c1. The van der Waals surface area contributed by atoms with Crippen molar-refractivity contribution in [3.8, 4) is 5.75 Å². The van der Waals surface area contributed by atoms with Crippen LogP contribution in [0.5, 0.6) is 5.75 Å². The molecule has 1 aromatic rings. The van der Waals surface area contributed by atoms with Crippen LogP contribution in [0.15, 0.2) is 36.4 Å². The highest BCUT2D eigenvalue weighted by molar-refractivity contribution is 5.27. The van der Waals surface area contributed by atoms with Gasteiger partial charge in [-0.05, 0) is 50.8 Å². The number of ether oxygens (including phenoxy) is 1. The van der Waals surface area contributed by atoms with Gasteiger partial charge in [-0.1, -0.05) is 24.3 Å². The van der Waals surface area contributed by atoms with Crippen molar-refractivity contribution in [2.45, 2.75) is 39.2 Å². The van der Waals surface area contributed by atoms with E-state index in [2.05, 4.69) is 13.0 Å². The zero-order valence-electron chi connectivity index (χ0n) is 10.7. The highest BCUT2D eigenvalue weighted by atomic mass is 16.5. The predicted octanol–water partition coefficient (Wildman–Crippen LogP) is 3.48. The van der Waals surface area contributed by atoms with Crippen molar-refractivity contribution in [2.24, 2.45) is 0 Å². The second-order valence-corrected chi connectivity index (χ2v) is 4.25. The number of aliphatic hydroxyl groups excluding tert-OH is 1. The Morgan fingerprint density at radius 3 is 2.88 bits per heavy atom. The number of allylic oxidation sites excluding steroid dienone is 1. The highest BCUT2D eigenvalue weighted by Crippen LogP contribution is 2.13. The molecule has 2 heteroatoms. The molecule has 17 heavy (non-hydrogen) atoms. The largest absolute Gasteiger partial charge is 0.494 e. The molecule has 1 rings (SSSR count). The van der Waals surface area contributed by atoms with Crippen molar-refractivity contribution < 1.29 is 9.84 Å². The summed E-state index contributed by atoms with van der Waals surface area (Å²) in [4.78, 5) is 0. The molecule has 0 bridgehead atoms. The third-order valence-corrected chi connectivity index (χ3v) is 2.57. The molecular weight excluding hydrogens is 212 g/mol. The molecule has 0 aromatic heterocycles. The molecule has 2 nitrogen and oxygen atoms in total. The average molecular weight is 234 g/mol. The molecule has 0 aliphatic carbocycles. The Morgan fingerprint density at radius 2 is 2.18 bits per heavy atom. The van der Waals surface area contributed by atoms with Gasteiger partial charge in [-0.3, -0.25) is 0 Å². The first-order chi connectivity index (χ1) is 8.22. The van der Waals surface area contributed by atoms with Gasteiger partial charge in [0.15, 0.2) is 0 Å². The van der Waals surface area contributed by atoms with E-state index in [4.69, 9.17) is 4.74 Å². The molecule has 0 spiro atoms. The molecule has 1 aromatic carbocycles. The Hall–Kier alpha value is -1.28. The van der Waals surface area contributed by atoms with Crippen molar-refractivity contribution in [1.82, 2.24) is 0 Å². The van der Waals surface area contributed by atoms with Crippen molar-refractivity contribution in [1.29, 1.82) is 0 Å². The summed E-state index contributed by atoms with van der Waals surface area (Å²) in [6.45, 7) is 4.69. The third kappa shape index (κ3) is 6.12. The zero-order chi connectivity index (χ0) is 12.5. The smallest absolute Gasteiger partial charge is 0.119 e. The maximum Gasteiger partial charge on any atom is 0.119 e. The number of rotatable bonds is 7. The number of hydrogen-bond donors (Lipinski definition) is 1. The van der Waals surface area contributed by atoms with Gasteiger partial charge in [0.05, 0.1) is 12.7 Å². The summed E-state index contributed by atoms with van der Waals surface area (Å²) in [6.07, 6.45) is 6.16. The Balaban J connectivity index is 2.12. The normalized spacial score (nSPS) is 12.9. The first-order valence-electron chi connectivity index (χ1n) is 6.22. The Labute approximate surface area is 104 Å². The van der Waals surface area contributed by atoms with Crippen LogP contribution in [0.3, 0.4) is 0 Å².